The zero-order chi connectivity index (χ0) is 10.3. The lowest BCUT2D eigenvalue weighted by Gasteiger charge is -2.08. The smallest absolute Gasteiger partial charge is 0.116 e. The van der Waals surface area contributed by atoms with Crippen LogP contribution in [0, 0.1) is 6.92 Å². The lowest BCUT2D eigenvalue weighted by Crippen LogP contribution is -2.00. The van der Waals surface area contributed by atoms with Gasteiger partial charge in [-0.05, 0) is 31.4 Å². The lowest BCUT2D eigenvalue weighted by atomic mass is 10.1. The van der Waals surface area contributed by atoms with Crippen LogP contribution in [0.1, 0.15) is 43.0 Å². The minimum atomic E-state index is 0.689. The fourth-order valence-electron chi connectivity index (χ4n) is 2.60. The minimum Gasteiger partial charge on any atom is -0.303 e. The van der Waals surface area contributed by atoms with Crippen molar-refractivity contribution in [3.05, 3.63) is 35.9 Å². The molecule has 2 heterocycles. The molecule has 0 amide bonds. The third-order valence-corrected chi connectivity index (χ3v) is 3.42. The predicted molar refractivity (Wildman–Crippen MR) is 61.1 cm³/mol. The number of pyridine rings is 1. The van der Waals surface area contributed by atoms with Crippen molar-refractivity contribution in [1.82, 2.24) is 9.38 Å². The highest BCUT2D eigenvalue weighted by Gasteiger charge is 2.20. The van der Waals surface area contributed by atoms with E-state index in [1.54, 1.807) is 0 Å². The van der Waals surface area contributed by atoms with Gasteiger partial charge in [0.05, 0.1) is 11.7 Å². The Kier molecular flexibility index (Phi) is 2.01. The molecule has 0 radical (unpaired) electrons. The highest BCUT2D eigenvalue weighted by atomic mass is 15.0. The van der Waals surface area contributed by atoms with Crippen molar-refractivity contribution in [1.29, 1.82) is 0 Å². The SMILES string of the molecule is Cc1ccc2cnc(C3CCCC3)n2c1. The van der Waals surface area contributed by atoms with Gasteiger partial charge in [0.25, 0.3) is 0 Å². The van der Waals surface area contributed by atoms with E-state index < -0.39 is 0 Å². The molecule has 2 aromatic heterocycles. The second-order valence-corrected chi connectivity index (χ2v) is 4.60. The molecule has 0 unspecified atom stereocenters. The number of rotatable bonds is 1. The Morgan fingerprint density at radius 1 is 1.27 bits per heavy atom. The summed E-state index contributed by atoms with van der Waals surface area (Å²) in [6.07, 6.45) is 9.56. The topological polar surface area (TPSA) is 17.3 Å². The van der Waals surface area contributed by atoms with E-state index in [1.165, 1.54) is 42.6 Å². The highest BCUT2D eigenvalue weighted by molar-refractivity contribution is 5.47. The first kappa shape index (κ1) is 8.96. The molecule has 2 heteroatoms. The molecule has 1 saturated carbocycles. The van der Waals surface area contributed by atoms with Gasteiger partial charge >= 0.3 is 0 Å². The van der Waals surface area contributed by atoms with E-state index in [4.69, 9.17) is 0 Å². The maximum Gasteiger partial charge on any atom is 0.116 e. The number of hydrogen-bond acceptors (Lipinski definition) is 1. The van der Waals surface area contributed by atoms with Crippen LogP contribution >= 0.6 is 0 Å². The molecule has 0 aliphatic heterocycles. The van der Waals surface area contributed by atoms with Crippen molar-refractivity contribution in [2.24, 2.45) is 0 Å². The quantitative estimate of drug-likeness (QED) is 0.690. The highest BCUT2D eigenvalue weighted by Crippen LogP contribution is 2.33. The molecule has 1 aliphatic rings. The van der Waals surface area contributed by atoms with Gasteiger partial charge in [0.1, 0.15) is 5.82 Å². The molecule has 0 N–H and O–H groups in total. The molecule has 0 saturated heterocycles. The summed E-state index contributed by atoms with van der Waals surface area (Å²) in [5.74, 6) is 1.96. The third-order valence-electron chi connectivity index (χ3n) is 3.42. The normalized spacial score (nSPS) is 17.7. The Labute approximate surface area is 90.0 Å². The molecular weight excluding hydrogens is 184 g/mol. The van der Waals surface area contributed by atoms with Gasteiger partial charge in [-0.3, -0.25) is 0 Å². The zero-order valence-electron chi connectivity index (χ0n) is 9.11. The van der Waals surface area contributed by atoms with Crippen molar-refractivity contribution >= 4 is 5.52 Å². The molecule has 2 nitrogen and oxygen atoms in total. The number of aryl methyl sites for hydroxylation is 1. The van der Waals surface area contributed by atoms with E-state index in [2.05, 4.69) is 34.6 Å². The largest absolute Gasteiger partial charge is 0.303 e. The molecule has 0 atom stereocenters. The van der Waals surface area contributed by atoms with E-state index in [-0.39, 0.29) is 0 Å². The third kappa shape index (κ3) is 1.44. The maximum atomic E-state index is 4.58. The van der Waals surface area contributed by atoms with Crippen LogP contribution in [0.4, 0.5) is 0 Å². The van der Waals surface area contributed by atoms with Crippen LogP contribution in [0.25, 0.3) is 5.52 Å². The van der Waals surface area contributed by atoms with E-state index in [9.17, 15) is 0 Å². The van der Waals surface area contributed by atoms with Gasteiger partial charge in [-0.2, -0.15) is 0 Å². The summed E-state index contributed by atoms with van der Waals surface area (Å²) in [4.78, 5) is 4.58. The van der Waals surface area contributed by atoms with Gasteiger partial charge in [0.15, 0.2) is 0 Å². The van der Waals surface area contributed by atoms with Crippen LogP contribution in [-0.2, 0) is 0 Å². The number of nitrogens with zero attached hydrogens (tertiary/aromatic N) is 2. The van der Waals surface area contributed by atoms with E-state index in [1.807, 2.05) is 6.20 Å². The van der Waals surface area contributed by atoms with Gasteiger partial charge in [0.2, 0.25) is 0 Å². The molecule has 1 fully saturated rings. The summed E-state index contributed by atoms with van der Waals surface area (Å²) < 4.78 is 2.27. The summed E-state index contributed by atoms with van der Waals surface area (Å²) in [5.41, 5.74) is 2.53. The Hall–Kier alpha value is -1.31. The van der Waals surface area contributed by atoms with Gasteiger partial charge in [-0.1, -0.05) is 18.9 Å². The molecule has 15 heavy (non-hydrogen) atoms. The first-order valence-corrected chi connectivity index (χ1v) is 5.78. The van der Waals surface area contributed by atoms with Crippen LogP contribution in [0.5, 0.6) is 0 Å². The van der Waals surface area contributed by atoms with Crippen molar-refractivity contribution in [3.63, 3.8) is 0 Å². The standard InChI is InChI=1S/C13H16N2/c1-10-6-7-12-8-14-13(15(12)9-10)11-4-2-3-5-11/h6-9,11H,2-5H2,1H3. The Balaban J connectivity index is 2.13. The molecular formula is C13H16N2. The summed E-state index contributed by atoms with van der Waals surface area (Å²) in [6, 6.07) is 4.30. The van der Waals surface area contributed by atoms with Gasteiger partial charge < -0.3 is 4.40 Å². The van der Waals surface area contributed by atoms with Crippen LogP contribution in [0.3, 0.4) is 0 Å². The van der Waals surface area contributed by atoms with E-state index >= 15 is 0 Å². The predicted octanol–water partition coefficient (Wildman–Crippen LogP) is 3.30. The van der Waals surface area contributed by atoms with Gasteiger partial charge in [0, 0.05) is 12.1 Å². The van der Waals surface area contributed by atoms with E-state index in [0.29, 0.717) is 5.92 Å². The molecule has 2 aromatic rings. The zero-order valence-corrected chi connectivity index (χ0v) is 9.11. The molecule has 3 rings (SSSR count). The first-order valence-electron chi connectivity index (χ1n) is 5.78. The van der Waals surface area contributed by atoms with Crippen molar-refractivity contribution in [2.45, 2.75) is 38.5 Å². The fourth-order valence-corrected chi connectivity index (χ4v) is 2.60. The minimum absolute atomic E-state index is 0.689. The number of hydrogen-bond donors (Lipinski definition) is 0. The second-order valence-electron chi connectivity index (χ2n) is 4.60. The average molecular weight is 200 g/mol. The monoisotopic (exact) mass is 200 g/mol. The lowest BCUT2D eigenvalue weighted by molar-refractivity contribution is 0.664. The summed E-state index contributed by atoms with van der Waals surface area (Å²) in [7, 11) is 0. The molecule has 78 valence electrons. The fraction of sp³-hybridized carbons (Fsp3) is 0.462. The van der Waals surface area contributed by atoms with Crippen molar-refractivity contribution in [2.75, 3.05) is 0 Å². The van der Waals surface area contributed by atoms with Gasteiger partial charge in [-0.25, -0.2) is 4.98 Å². The molecule has 0 bridgehead atoms. The summed E-state index contributed by atoms with van der Waals surface area (Å²) >= 11 is 0. The van der Waals surface area contributed by atoms with Crippen LogP contribution in [0.2, 0.25) is 0 Å². The van der Waals surface area contributed by atoms with Crippen LogP contribution in [0.15, 0.2) is 24.5 Å². The second kappa shape index (κ2) is 3.37. The number of fused-ring (bicyclic) bond motifs is 1. The van der Waals surface area contributed by atoms with E-state index in [0.717, 1.165) is 0 Å². The Bertz CT molecular complexity index is 478. The molecule has 0 spiro atoms. The van der Waals surface area contributed by atoms with Crippen molar-refractivity contribution in [3.8, 4) is 0 Å². The van der Waals surface area contributed by atoms with Crippen molar-refractivity contribution < 1.29 is 0 Å². The number of aromatic nitrogens is 2. The summed E-state index contributed by atoms with van der Waals surface area (Å²) in [6.45, 7) is 2.14. The van der Waals surface area contributed by atoms with Crippen LogP contribution < -0.4 is 0 Å². The number of imidazole rings is 1. The first-order chi connectivity index (χ1) is 7.34. The molecule has 1 aliphatic carbocycles. The Morgan fingerprint density at radius 2 is 2.07 bits per heavy atom. The Morgan fingerprint density at radius 3 is 2.87 bits per heavy atom. The van der Waals surface area contributed by atoms with Gasteiger partial charge in [-0.15, -0.1) is 0 Å². The summed E-state index contributed by atoms with van der Waals surface area (Å²) in [5, 5.41) is 0. The maximum absolute atomic E-state index is 4.58. The average Bonchev–Trinajstić information content (AvgIpc) is 2.83. The van der Waals surface area contributed by atoms with Crippen LogP contribution in [-0.4, -0.2) is 9.38 Å². The molecule has 0 aromatic carbocycles.